The topological polar surface area (TPSA) is 82.4 Å². The quantitative estimate of drug-likeness (QED) is 0.460. The summed E-state index contributed by atoms with van der Waals surface area (Å²) < 4.78 is 5.38. The highest BCUT2D eigenvalue weighted by molar-refractivity contribution is 7.10. The molecule has 0 atom stereocenters. The zero-order chi connectivity index (χ0) is 19.5. The lowest BCUT2D eigenvalue weighted by atomic mass is 10.1. The van der Waals surface area contributed by atoms with E-state index in [0.29, 0.717) is 12.4 Å². The SMILES string of the molecule is Cc1ccsc1CN(CCc1c[nH]c2ccccc12)Cc1nc(C(=O)O)co1. The second kappa shape index (κ2) is 8.00. The highest BCUT2D eigenvalue weighted by atomic mass is 32.1. The van der Waals surface area contributed by atoms with Crippen LogP contribution >= 0.6 is 11.3 Å². The van der Waals surface area contributed by atoms with Gasteiger partial charge in [0.15, 0.2) is 5.69 Å². The fourth-order valence-electron chi connectivity index (χ4n) is 3.27. The van der Waals surface area contributed by atoms with E-state index in [0.717, 1.165) is 25.0 Å². The van der Waals surface area contributed by atoms with Gasteiger partial charge in [0, 0.05) is 35.1 Å². The van der Waals surface area contributed by atoms with Gasteiger partial charge in [-0.2, -0.15) is 0 Å². The van der Waals surface area contributed by atoms with E-state index in [-0.39, 0.29) is 5.69 Å². The number of carboxylic acid groups (broad SMARTS) is 1. The number of rotatable bonds is 8. The molecule has 0 fully saturated rings. The largest absolute Gasteiger partial charge is 0.476 e. The Morgan fingerprint density at radius 3 is 2.89 bits per heavy atom. The Kier molecular flexibility index (Phi) is 5.27. The van der Waals surface area contributed by atoms with Crippen molar-refractivity contribution < 1.29 is 14.3 Å². The van der Waals surface area contributed by atoms with Crippen LogP contribution in [-0.2, 0) is 19.5 Å². The van der Waals surface area contributed by atoms with Gasteiger partial charge in [-0.25, -0.2) is 9.78 Å². The van der Waals surface area contributed by atoms with Crippen LogP contribution in [0.25, 0.3) is 10.9 Å². The molecule has 0 aliphatic rings. The van der Waals surface area contributed by atoms with E-state index >= 15 is 0 Å². The maximum atomic E-state index is 11.1. The van der Waals surface area contributed by atoms with E-state index in [2.05, 4.69) is 51.6 Å². The van der Waals surface area contributed by atoms with Crippen LogP contribution in [0.4, 0.5) is 0 Å². The third-order valence-corrected chi connectivity index (χ3v) is 5.85. The number of para-hydroxylation sites is 1. The van der Waals surface area contributed by atoms with E-state index in [1.54, 1.807) is 11.3 Å². The predicted octanol–water partition coefficient (Wildman–Crippen LogP) is 4.47. The molecule has 28 heavy (non-hydrogen) atoms. The summed E-state index contributed by atoms with van der Waals surface area (Å²) in [7, 11) is 0. The Labute approximate surface area is 166 Å². The summed E-state index contributed by atoms with van der Waals surface area (Å²) in [5.74, 6) is -0.653. The molecule has 3 heterocycles. The summed E-state index contributed by atoms with van der Waals surface area (Å²) in [6.45, 7) is 4.16. The molecule has 0 bridgehead atoms. The lowest BCUT2D eigenvalue weighted by molar-refractivity contribution is 0.0690. The first-order valence-electron chi connectivity index (χ1n) is 9.08. The molecule has 0 aliphatic carbocycles. The normalized spacial score (nSPS) is 11.5. The minimum Gasteiger partial charge on any atom is -0.476 e. The van der Waals surface area contributed by atoms with E-state index < -0.39 is 5.97 Å². The molecular weight excluding hydrogens is 374 g/mol. The molecule has 0 radical (unpaired) electrons. The van der Waals surface area contributed by atoms with E-state index in [1.165, 1.54) is 27.7 Å². The number of aromatic amines is 1. The van der Waals surface area contributed by atoms with E-state index in [1.807, 2.05) is 12.1 Å². The second-order valence-electron chi connectivity index (χ2n) is 6.78. The smallest absolute Gasteiger partial charge is 0.357 e. The number of thiophene rings is 1. The van der Waals surface area contributed by atoms with Crippen LogP contribution in [0.1, 0.15) is 32.4 Å². The molecule has 2 N–H and O–H groups in total. The van der Waals surface area contributed by atoms with Crippen molar-refractivity contribution in [2.45, 2.75) is 26.4 Å². The first kappa shape index (κ1) is 18.5. The van der Waals surface area contributed by atoms with E-state index in [9.17, 15) is 4.79 Å². The third kappa shape index (κ3) is 4.00. The van der Waals surface area contributed by atoms with Crippen LogP contribution in [0.2, 0.25) is 0 Å². The summed E-state index contributed by atoms with van der Waals surface area (Å²) in [5, 5.41) is 12.4. The Hall–Kier alpha value is -2.90. The molecule has 7 heteroatoms. The summed E-state index contributed by atoms with van der Waals surface area (Å²) in [6.07, 6.45) is 4.14. The molecule has 0 spiro atoms. The van der Waals surface area contributed by atoms with Gasteiger partial charge in [0.1, 0.15) is 6.26 Å². The predicted molar refractivity (Wildman–Crippen MR) is 109 cm³/mol. The number of aryl methyl sites for hydroxylation is 1. The van der Waals surface area contributed by atoms with Gasteiger partial charge in [-0.1, -0.05) is 18.2 Å². The van der Waals surface area contributed by atoms with Gasteiger partial charge in [-0.3, -0.25) is 4.90 Å². The second-order valence-corrected chi connectivity index (χ2v) is 7.78. The molecule has 6 nitrogen and oxygen atoms in total. The molecule has 144 valence electrons. The number of aromatic nitrogens is 2. The van der Waals surface area contributed by atoms with Gasteiger partial charge in [0.25, 0.3) is 0 Å². The molecule has 0 saturated carbocycles. The standard InChI is InChI=1S/C21H21N3O3S/c1-14-7-9-28-19(14)11-24(12-20-23-18(13-27-20)21(25)26)8-6-15-10-22-17-5-3-2-4-16(15)17/h2-5,7,9-10,13,22H,6,8,11-12H2,1H3,(H,25,26). The molecule has 0 saturated heterocycles. The fraction of sp³-hybridized carbons (Fsp3) is 0.238. The van der Waals surface area contributed by atoms with Gasteiger partial charge >= 0.3 is 5.97 Å². The highest BCUT2D eigenvalue weighted by Crippen LogP contribution is 2.22. The van der Waals surface area contributed by atoms with Crippen LogP contribution in [0.15, 0.2) is 52.6 Å². The Bertz CT molecular complexity index is 1100. The molecular formula is C21H21N3O3S. The fourth-order valence-corrected chi connectivity index (χ4v) is 4.22. The number of carboxylic acids is 1. The number of hydrogen-bond acceptors (Lipinski definition) is 5. The van der Waals surface area contributed by atoms with Crippen LogP contribution < -0.4 is 0 Å². The number of fused-ring (bicyclic) bond motifs is 1. The summed E-state index contributed by atoms with van der Waals surface area (Å²) in [5.41, 5.74) is 3.61. The molecule has 0 unspecified atom stereocenters. The van der Waals surface area contributed by atoms with Crippen molar-refractivity contribution in [2.75, 3.05) is 6.54 Å². The summed E-state index contributed by atoms with van der Waals surface area (Å²) in [4.78, 5) is 22.0. The first-order chi connectivity index (χ1) is 13.6. The Balaban J connectivity index is 1.51. The molecule has 3 aromatic heterocycles. The van der Waals surface area contributed by atoms with Crippen molar-refractivity contribution in [2.24, 2.45) is 0 Å². The van der Waals surface area contributed by atoms with Crippen LogP contribution in [0.3, 0.4) is 0 Å². The minimum absolute atomic E-state index is 0.0566. The third-order valence-electron chi connectivity index (χ3n) is 4.84. The number of oxazole rings is 1. The zero-order valence-corrected chi connectivity index (χ0v) is 16.3. The Morgan fingerprint density at radius 1 is 1.29 bits per heavy atom. The summed E-state index contributed by atoms with van der Waals surface area (Å²) in [6, 6.07) is 10.4. The number of aromatic carboxylic acids is 1. The van der Waals surface area contributed by atoms with Crippen molar-refractivity contribution in [3.05, 3.63) is 75.8 Å². The minimum atomic E-state index is -1.07. The molecule has 0 aliphatic heterocycles. The van der Waals surface area contributed by atoms with Crippen molar-refractivity contribution in [1.82, 2.24) is 14.9 Å². The van der Waals surface area contributed by atoms with Gasteiger partial charge in [-0.15, -0.1) is 11.3 Å². The van der Waals surface area contributed by atoms with Crippen molar-refractivity contribution >= 4 is 28.2 Å². The average Bonchev–Trinajstić information content (AvgIpc) is 3.41. The Morgan fingerprint density at radius 2 is 2.14 bits per heavy atom. The lowest BCUT2D eigenvalue weighted by Crippen LogP contribution is -2.25. The van der Waals surface area contributed by atoms with Gasteiger partial charge in [0.05, 0.1) is 6.54 Å². The number of hydrogen-bond donors (Lipinski definition) is 2. The molecule has 4 rings (SSSR count). The van der Waals surface area contributed by atoms with Crippen molar-refractivity contribution in [3.8, 4) is 0 Å². The molecule has 1 aromatic carbocycles. The molecule has 4 aromatic rings. The van der Waals surface area contributed by atoms with Crippen LogP contribution in [0.5, 0.6) is 0 Å². The lowest BCUT2D eigenvalue weighted by Gasteiger charge is -2.20. The van der Waals surface area contributed by atoms with Crippen LogP contribution in [0, 0.1) is 6.92 Å². The summed E-state index contributed by atoms with van der Waals surface area (Å²) >= 11 is 1.73. The van der Waals surface area contributed by atoms with Gasteiger partial charge in [0.2, 0.25) is 5.89 Å². The number of H-pyrrole nitrogens is 1. The number of benzene rings is 1. The van der Waals surface area contributed by atoms with Gasteiger partial charge < -0.3 is 14.5 Å². The average molecular weight is 395 g/mol. The first-order valence-corrected chi connectivity index (χ1v) is 9.96. The van der Waals surface area contributed by atoms with Gasteiger partial charge in [-0.05, 0) is 42.0 Å². The number of nitrogens with zero attached hydrogens (tertiary/aromatic N) is 2. The van der Waals surface area contributed by atoms with Crippen molar-refractivity contribution in [3.63, 3.8) is 0 Å². The monoisotopic (exact) mass is 395 g/mol. The van der Waals surface area contributed by atoms with Crippen LogP contribution in [-0.4, -0.2) is 32.5 Å². The van der Waals surface area contributed by atoms with Crippen molar-refractivity contribution in [1.29, 1.82) is 0 Å². The molecule has 0 amide bonds. The maximum absolute atomic E-state index is 11.1. The highest BCUT2D eigenvalue weighted by Gasteiger charge is 2.16. The zero-order valence-electron chi connectivity index (χ0n) is 15.5. The maximum Gasteiger partial charge on any atom is 0.357 e. The number of nitrogens with one attached hydrogen (secondary N) is 1. The van der Waals surface area contributed by atoms with E-state index in [4.69, 9.17) is 9.52 Å². The number of carbonyl (C=O) groups is 1.